The Bertz CT molecular complexity index is 262. The Hall–Kier alpha value is -0.700. The maximum atomic E-state index is 4.27. The molecule has 0 aromatic rings. The first-order valence-corrected chi connectivity index (χ1v) is 7.27. The molecule has 1 rings (SSSR count). The van der Waals surface area contributed by atoms with Gasteiger partial charge >= 0.3 is 0 Å². The summed E-state index contributed by atoms with van der Waals surface area (Å²) in [6.45, 7) is 16.9. The van der Waals surface area contributed by atoms with Gasteiger partial charge in [-0.15, -0.1) is 0 Å². The molecular weight excluding hydrogens is 222 g/mol. The standard InChI is InChI=1S/C15H31N3/c1-7-13(2)11-17-8-9-18(15(17)4)12-14(3)10-16(5)6/h13-14H,4,7-12H2,1-3,5-6H3. The van der Waals surface area contributed by atoms with Crippen LogP contribution in [-0.2, 0) is 0 Å². The van der Waals surface area contributed by atoms with Crippen molar-refractivity contribution >= 4 is 0 Å². The van der Waals surface area contributed by atoms with Gasteiger partial charge in [-0.2, -0.15) is 0 Å². The van der Waals surface area contributed by atoms with Crippen molar-refractivity contribution in [2.24, 2.45) is 11.8 Å². The van der Waals surface area contributed by atoms with Crippen LogP contribution in [0.4, 0.5) is 0 Å². The number of hydrogen-bond acceptors (Lipinski definition) is 3. The fraction of sp³-hybridized carbons (Fsp3) is 0.867. The Morgan fingerprint density at radius 3 is 2.06 bits per heavy atom. The van der Waals surface area contributed by atoms with Crippen molar-refractivity contribution in [2.75, 3.05) is 46.8 Å². The third-order valence-electron chi connectivity index (χ3n) is 3.81. The average Bonchev–Trinajstić information content (AvgIpc) is 2.60. The first kappa shape index (κ1) is 15.4. The molecule has 1 heterocycles. The van der Waals surface area contributed by atoms with Crippen LogP contribution in [0.3, 0.4) is 0 Å². The fourth-order valence-electron chi connectivity index (χ4n) is 2.66. The van der Waals surface area contributed by atoms with E-state index >= 15 is 0 Å². The van der Waals surface area contributed by atoms with Crippen LogP contribution < -0.4 is 0 Å². The molecule has 1 aliphatic rings. The quantitative estimate of drug-likeness (QED) is 0.689. The largest absolute Gasteiger partial charge is 0.357 e. The molecule has 0 saturated carbocycles. The van der Waals surface area contributed by atoms with Crippen molar-refractivity contribution in [1.29, 1.82) is 0 Å². The highest BCUT2D eigenvalue weighted by atomic mass is 15.4. The van der Waals surface area contributed by atoms with E-state index in [0.717, 1.165) is 38.6 Å². The van der Waals surface area contributed by atoms with Crippen LogP contribution in [0.1, 0.15) is 27.2 Å². The minimum absolute atomic E-state index is 0.695. The maximum Gasteiger partial charge on any atom is 0.0966 e. The lowest BCUT2D eigenvalue weighted by Gasteiger charge is -2.28. The lowest BCUT2D eigenvalue weighted by Crippen LogP contribution is -2.32. The van der Waals surface area contributed by atoms with E-state index in [1.54, 1.807) is 0 Å². The Morgan fingerprint density at radius 1 is 1.11 bits per heavy atom. The van der Waals surface area contributed by atoms with Crippen LogP contribution in [0, 0.1) is 11.8 Å². The number of hydrogen-bond donors (Lipinski definition) is 0. The van der Waals surface area contributed by atoms with E-state index in [-0.39, 0.29) is 0 Å². The van der Waals surface area contributed by atoms with Gasteiger partial charge in [0.1, 0.15) is 0 Å². The van der Waals surface area contributed by atoms with Crippen LogP contribution in [0.15, 0.2) is 12.4 Å². The molecule has 0 spiro atoms. The van der Waals surface area contributed by atoms with Gasteiger partial charge in [0, 0.05) is 32.7 Å². The molecule has 3 heteroatoms. The normalized spacial score (nSPS) is 19.8. The molecular formula is C15H31N3. The molecule has 0 radical (unpaired) electrons. The molecule has 0 aromatic carbocycles. The molecule has 0 aromatic heterocycles. The van der Waals surface area contributed by atoms with Crippen molar-refractivity contribution in [1.82, 2.24) is 14.7 Å². The van der Waals surface area contributed by atoms with Gasteiger partial charge < -0.3 is 14.7 Å². The second-order valence-corrected chi connectivity index (χ2v) is 6.19. The zero-order valence-electron chi connectivity index (χ0n) is 12.9. The lowest BCUT2D eigenvalue weighted by atomic mass is 10.1. The monoisotopic (exact) mass is 253 g/mol. The summed E-state index contributed by atoms with van der Waals surface area (Å²) in [5, 5.41) is 0. The van der Waals surface area contributed by atoms with Crippen LogP contribution in [0.2, 0.25) is 0 Å². The maximum absolute atomic E-state index is 4.27. The third kappa shape index (κ3) is 4.52. The molecule has 0 bridgehead atoms. The molecule has 1 aliphatic heterocycles. The Morgan fingerprint density at radius 2 is 1.61 bits per heavy atom. The minimum atomic E-state index is 0.695. The van der Waals surface area contributed by atoms with Gasteiger partial charge in [0.15, 0.2) is 0 Å². The van der Waals surface area contributed by atoms with Crippen molar-refractivity contribution in [2.45, 2.75) is 27.2 Å². The second-order valence-electron chi connectivity index (χ2n) is 6.19. The molecule has 2 unspecified atom stereocenters. The predicted molar refractivity (Wildman–Crippen MR) is 79.5 cm³/mol. The van der Waals surface area contributed by atoms with Gasteiger partial charge in [0.25, 0.3) is 0 Å². The first-order valence-electron chi connectivity index (χ1n) is 7.27. The summed E-state index contributed by atoms with van der Waals surface area (Å²) in [4.78, 5) is 7.17. The van der Waals surface area contributed by atoms with Crippen LogP contribution >= 0.6 is 0 Å². The van der Waals surface area contributed by atoms with E-state index in [9.17, 15) is 0 Å². The predicted octanol–water partition coefficient (Wildman–Crippen LogP) is 2.32. The van der Waals surface area contributed by atoms with Crippen LogP contribution in [0.5, 0.6) is 0 Å². The molecule has 2 atom stereocenters. The van der Waals surface area contributed by atoms with Gasteiger partial charge in [-0.1, -0.05) is 33.8 Å². The van der Waals surface area contributed by atoms with Crippen LogP contribution in [-0.4, -0.2) is 61.5 Å². The summed E-state index contributed by atoms with van der Waals surface area (Å²) in [7, 11) is 4.29. The summed E-state index contributed by atoms with van der Waals surface area (Å²) in [5.74, 6) is 2.70. The van der Waals surface area contributed by atoms with E-state index in [1.165, 1.54) is 12.2 Å². The molecule has 0 aliphatic carbocycles. The van der Waals surface area contributed by atoms with Crippen molar-refractivity contribution in [3.05, 3.63) is 12.4 Å². The lowest BCUT2D eigenvalue weighted by molar-refractivity contribution is 0.251. The molecule has 0 N–H and O–H groups in total. The van der Waals surface area contributed by atoms with Crippen molar-refractivity contribution in [3.8, 4) is 0 Å². The van der Waals surface area contributed by atoms with Gasteiger partial charge in [-0.3, -0.25) is 0 Å². The summed E-state index contributed by atoms with van der Waals surface area (Å²) in [5.41, 5.74) is 0. The Labute approximate surface area is 113 Å². The SMILES string of the molecule is C=C1N(CC(C)CC)CCN1CC(C)CN(C)C. The third-order valence-corrected chi connectivity index (χ3v) is 3.81. The number of rotatable bonds is 7. The Balaban J connectivity index is 2.39. The molecule has 106 valence electrons. The summed E-state index contributed by atoms with van der Waals surface area (Å²) < 4.78 is 0. The highest BCUT2D eigenvalue weighted by Crippen LogP contribution is 2.20. The Kier molecular flexibility index (Phi) is 6.00. The highest BCUT2D eigenvalue weighted by molar-refractivity contribution is 5.00. The topological polar surface area (TPSA) is 9.72 Å². The van der Waals surface area contributed by atoms with Gasteiger partial charge in [0.05, 0.1) is 5.82 Å². The van der Waals surface area contributed by atoms with E-state index in [0.29, 0.717) is 5.92 Å². The van der Waals surface area contributed by atoms with E-state index in [2.05, 4.69) is 56.1 Å². The number of nitrogens with zero attached hydrogens (tertiary/aromatic N) is 3. The highest BCUT2D eigenvalue weighted by Gasteiger charge is 2.24. The smallest absolute Gasteiger partial charge is 0.0966 e. The zero-order chi connectivity index (χ0) is 13.7. The molecule has 1 saturated heterocycles. The van der Waals surface area contributed by atoms with E-state index in [4.69, 9.17) is 0 Å². The molecule has 3 nitrogen and oxygen atoms in total. The van der Waals surface area contributed by atoms with Gasteiger partial charge in [0.2, 0.25) is 0 Å². The molecule has 0 amide bonds. The van der Waals surface area contributed by atoms with Crippen LogP contribution in [0.25, 0.3) is 0 Å². The first-order chi connectivity index (χ1) is 8.43. The summed E-state index contributed by atoms with van der Waals surface area (Å²) in [6, 6.07) is 0. The average molecular weight is 253 g/mol. The van der Waals surface area contributed by atoms with Crippen molar-refractivity contribution < 1.29 is 0 Å². The molecule has 18 heavy (non-hydrogen) atoms. The minimum Gasteiger partial charge on any atom is -0.357 e. The zero-order valence-corrected chi connectivity index (χ0v) is 12.9. The summed E-state index contributed by atoms with van der Waals surface area (Å²) >= 11 is 0. The van der Waals surface area contributed by atoms with Gasteiger partial charge in [-0.25, -0.2) is 0 Å². The second kappa shape index (κ2) is 7.03. The van der Waals surface area contributed by atoms with E-state index < -0.39 is 0 Å². The van der Waals surface area contributed by atoms with Gasteiger partial charge in [-0.05, 0) is 25.9 Å². The fourth-order valence-corrected chi connectivity index (χ4v) is 2.66. The van der Waals surface area contributed by atoms with E-state index in [1.807, 2.05) is 0 Å². The summed E-state index contributed by atoms with van der Waals surface area (Å²) in [6.07, 6.45) is 1.25. The molecule has 1 fully saturated rings. The van der Waals surface area contributed by atoms with Crippen molar-refractivity contribution in [3.63, 3.8) is 0 Å².